The average Bonchev–Trinajstić information content (AvgIpc) is 2.06. The van der Waals surface area contributed by atoms with Gasteiger partial charge in [0.05, 0.1) is 0 Å². The van der Waals surface area contributed by atoms with Crippen LogP contribution in [0.2, 0.25) is 0 Å². The first kappa shape index (κ1) is 8.74. The lowest BCUT2D eigenvalue weighted by Gasteiger charge is -1.96. The summed E-state index contributed by atoms with van der Waals surface area (Å²) >= 11 is 0. The number of pyridine rings is 2. The number of nitrogens with two attached hydrogens (primary N) is 1. The van der Waals surface area contributed by atoms with E-state index in [0.717, 1.165) is 10.9 Å². The van der Waals surface area contributed by atoms with Crippen LogP contribution in [0.1, 0.15) is 0 Å². The quantitative estimate of drug-likeness (QED) is 0.672. The van der Waals surface area contributed by atoms with Crippen LogP contribution in [-0.4, -0.2) is 9.97 Å². The first-order valence-corrected chi connectivity index (χ1v) is 3.33. The van der Waals surface area contributed by atoms with Crippen LogP contribution in [-0.2, 0) is 0 Å². The predicted molar refractivity (Wildman–Crippen MR) is 51.2 cm³/mol. The fraction of sp³-hybridized carbons (Fsp3) is 0. The zero-order chi connectivity index (χ0) is 7.68. The molecule has 0 unspecified atom stereocenters. The lowest BCUT2D eigenvalue weighted by atomic mass is 10.2. The Morgan fingerprint density at radius 3 is 2.67 bits per heavy atom. The first-order chi connectivity index (χ1) is 5.38. The summed E-state index contributed by atoms with van der Waals surface area (Å²) in [6.07, 6.45) is 3.39. The number of rotatable bonds is 0. The van der Waals surface area contributed by atoms with Crippen molar-refractivity contribution >= 4 is 29.1 Å². The van der Waals surface area contributed by atoms with E-state index >= 15 is 0 Å². The second-order valence-corrected chi connectivity index (χ2v) is 2.27. The van der Waals surface area contributed by atoms with Crippen molar-refractivity contribution in [1.82, 2.24) is 9.97 Å². The van der Waals surface area contributed by atoms with Crippen molar-refractivity contribution in [2.24, 2.45) is 0 Å². The van der Waals surface area contributed by atoms with Crippen LogP contribution in [0, 0.1) is 0 Å². The number of aromatic nitrogens is 2. The molecule has 62 valence electrons. The molecule has 0 amide bonds. The summed E-state index contributed by atoms with van der Waals surface area (Å²) in [7, 11) is 0. The van der Waals surface area contributed by atoms with Crippen LogP contribution >= 0.6 is 12.4 Å². The molecule has 2 heterocycles. The second-order valence-electron chi connectivity index (χ2n) is 2.27. The smallest absolute Gasteiger partial charge is 0.149 e. The van der Waals surface area contributed by atoms with Crippen molar-refractivity contribution in [3.8, 4) is 0 Å². The molecule has 0 atom stereocenters. The molecule has 2 aromatic rings. The third-order valence-corrected chi connectivity index (χ3v) is 1.55. The van der Waals surface area contributed by atoms with Crippen LogP contribution < -0.4 is 5.73 Å². The Kier molecular flexibility index (Phi) is 2.45. The molecule has 3 nitrogen and oxygen atoms in total. The van der Waals surface area contributed by atoms with Gasteiger partial charge < -0.3 is 5.73 Å². The van der Waals surface area contributed by atoms with E-state index in [2.05, 4.69) is 9.97 Å². The van der Waals surface area contributed by atoms with Crippen LogP contribution in [0.25, 0.3) is 10.9 Å². The molecule has 12 heavy (non-hydrogen) atoms. The highest BCUT2D eigenvalue weighted by molar-refractivity contribution is 5.86. The largest absolute Gasteiger partial charge is 0.382 e. The van der Waals surface area contributed by atoms with Gasteiger partial charge in [-0.2, -0.15) is 0 Å². The number of hydrogen-bond acceptors (Lipinski definition) is 3. The number of hydrogen-bond donors (Lipinski definition) is 1. The van der Waals surface area contributed by atoms with E-state index in [1.807, 2.05) is 18.2 Å². The molecular weight excluding hydrogens is 174 g/mol. The van der Waals surface area contributed by atoms with E-state index in [4.69, 9.17) is 5.73 Å². The zero-order valence-corrected chi connectivity index (χ0v) is 7.08. The normalized spacial score (nSPS) is 9.33. The van der Waals surface area contributed by atoms with Gasteiger partial charge >= 0.3 is 0 Å². The summed E-state index contributed by atoms with van der Waals surface area (Å²) in [5.41, 5.74) is 6.36. The van der Waals surface area contributed by atoms with Crippen LogP contribution in [0.3, 0.4) is 0 Å². The van der Waals surface area contributed by atoms with Gasteiger partial charge in [-0.15, -0.1) is 12.4 Å². The standard InChI is InChI=1S/C8H7N3.ClH/c9-8-7-6(3-5-11-8)2-1-4-10-7;/h1-5H,(H2,9,11);1H. The van der Waals surface area contributed by atoms with Crippen molar-refractivity contribution in [3.63, 3.8) is 0 Å². The molecule has 0 radical (unpaired) electrons. The molecule has 4 heteroatoms. The molecule has 2 rings (SSSR count). The number of fused-ring (bicyclic) bond motifs is 1. The number of nitrogen functional groups attached to an aromatic ring is 1. The fourth-order valence-electron chi connectivity index (χ4n) is 1.03. The molecule has 0 saturated carbocycles. The first-order valence-electron chi connectivity index (χ1n) is 3.33. The number of nitrogens with zero attached hydrogens (tertiary/aromatic N) is 2. The van der Waals surface area contributed by atoms with Gasteiger partial charge in [0.25, 0.3) is 0 Å². The highest BCUT2D eigenvalue weighted by Crippen LogP contribution is 2.13. The summed E-state index contributed by atoms with van der Waals surface area (Å²) in [5, 5.41) is 1.03. The molecule has 2 N–H and O–H groups in total. The second kappa shape index (κ2) is 3.36. The van der Waals surface area contributed by atoms with Gasteiger partial charge in [-0.05, 0) is 12.1 Å². The topological polar surface area (TPSA) is 51.8 Å². The van der Waals surface area contributed by atoms with Crippen LogP contribution in [0.4, 0.5) is 5.82 Å². The fourth-order valence-corrected chi connectivity index (χ4v) is 1.03. The predicted octanol–water partition coefficient (Wildman–Crippen LogP) is 1.63. The molecule has 2 aromatic heterocycles. The Morgan fingerprint density at radius 1 is 1.08 bits per heavy atom. The molecule has 0 aliphatic heterocycles. The molecule has 0 aliphatic carbocycles. The Hall–Kier alpha value is -1.35. The van der Waals surface area contributed by atoms with E-state index < -0.39 is 0 Å². The third-order valence-electron chi connectivity index (χ3n) is 1.55. The van der Waals surface area contributed by atoms with Crippen molar-refractivity contribution < 1.29 is 0 Å². The molecule has 0 bridgehead atoms. The molecular formula is C8H8ClN3. The van der Waals surface area contributed by atoms with Gasteiger partial charge in [0.2, 0.25) is 0 Å². The number of halogens is 1. The van der Waals surface area contributed by atoms with Crippen molar-refractivity contribution in [2.75, 3.05) is 5.73 Å². The van der Waals surface area contributed by atoms with Crippen molar-refractivity contribution in [2.45, 2.75) is 0 Å². The van der Waals surface area contributed by atoms with Gasteiger partial charge in [0.1, 0.15) is 11.3 Å². The summed E-state index contributed by atoms with van der Waals surface area (Å²) in [6.45, 7) is 0. The Bertz CT molecular complexity index is 383. The summed E-state index contributed by atoms with van der Waals surface area (Å²) in [5.74, 6) is 0.489. The van der Waals surface area contributed by atoms with E-state index in [1.165, 1.54) is 0 Å². The van der Waals surface area contributed by atoms with Gasteiger partial charge in [-0.3, -0.25) is 4.98 Å². The zero-order valence-electron chi connectivity index (χ0n) is 6.27. The lowest BCUT2D eigenvalue weighted by molar-refractivity contribution is 1.32. The van der Waals surface area contributed by atoms with E-state index in [0.29, 0.717) is 5.82 Å². The van der Waals surface area contributed by atoms with Gasteiger partial charge in [0.15, 0.2) is 0 Å². The minimum absolute atomic E-state index is 0. The number of anilines is 1. The minimum Gasteiger partial charge on any atom is -0.382 e. The van der Waals surface area contributed by atoms with E-state index in [1.54, 1.807) is 12.4 Å². The lowest BCUT2D eigenvalue weighted by Crippen LogP contribution is -1.91. The van der Waals surface area contributed by atoms with Gasteiger partial charge in [-0.25, -0.2) is 4.98 Å². The maximum absolute atomic E-state index is 5.58. The Morgan fingerprint density at radius 2 is 1.92 bits per heavy atom. The summed E-state index contributed by atoms with van der Waals surface area (Å²) in [6, 6.07) is 5.72. The van der Waals surface area contributed by atoms with E-state index in [-0.39, 0.29) is 12.4 Å². The molecule has 0 fully saturated rings. The van der Waals surface area contributed by atoms with Crippen LogP contribution in [0.5, 0.6) is 0 Å². The maximum atomic E-state index is 5.58. The highest BCUT2D eigenvalue weighted by Gasteiger charge is 1.95. The molecule has 0 saturated heterocycles. The SMILES string of the molecule is Cl.Nc1nccc2cccnc12. The Labute approximate surface area is 76.0 Å². The average molecular weight is 182 g/mol. The molecule has 0 aromatic carbocycles. The third kappa shape index (κ3) is 1.31. The molecule has 0 spiro atoms. The highest BCUT2D eigenvalue weighted by atomic mass is 35.5. The summed E-state index contributed by atoms with van der Waals surface area (Å²) in [4.78, 5) is 8.02. The Balaban J connectivity index is 0.000000720. The van der Waals surface area contributed by atoms with Crippen molar-refractivity contribution in [3.05, 3.63) is 30.6 Å². The summed E-state index contributed by atoms with van der Waals surface area (Å²) < 4.78 is 0. The van der Waals surface area contributed by atoms with Gasteiger partial charge in [0, 0.05) is 17.8 Å². The van der Waals surface area contributed by atoms with E-state index in [9.17, 15) is 0 Å². The van der Waals surface area contributed by atoms with Crippen molar-refractivity contribution in [1.29, 1.82) is 0 Å². The minimum atomic E-state index is 0. The van der Waals surface area contributed by atoms with Crippen LogP contribution in [0.15, 0.2) is 30.6 Å². The maximum Gasteiger partial charge on any atom is 0.149 e. The monoisotopic (exact) mass is 181 g/mol. The van der Waals surface area contributed by atoms with Gasteiger partial charge in [-0.1, -0.05) is 6.07 Å². The molecule has 0 aliphatic rings.